The summed E-state index contributed by atoms with van der Waals surface area (Å²) < 4.78 is 11.0. The van der Waals surface area contributed by atoms with Gasteiger partial charge in [0.05, 0.1) is 19.3 Å². The molecule has 0 amide bonds. The van der Waals surface area contributed by atoms with Gasteiger partial charge >= 0.3 is 0 Å². The Morgan fingerprint density at radius 3 is 2.43 bits per heavy atom. The highest BCUT2D eigenvalue weighted by Gasteiger charge is 2.10. The minimum Gasteiger partial charge on any atom is -0.491 e. The van der Waals surface area contributed by atoms with E-state index in [0.717, 1.165) is 45.1 Å². The SMILES string of the molecule is CC(C)Oc1ccc(C(C)NCCN2CCOCC2)cc1. The number of nitrogens with one attached hydrogen (secondary N) is 1. The summed E-state index contributed by atoms with van der Waals surface area (Å²) in [5.41, 5.74) is 1.30. The van der Waals surface area contributed by atoms with Crippen LogP contribution < -0.4 is 10.1 Å². The van der Waals surface area contributed by atoms with Crippen LogP contribution in [-0.2, 0) is 4.74 Å². The van der Waals surface area contributed by atoms with E-state index >= 15 is 0 Å². The largest absolute Gasteiger partial charge is 0.491 e. The summed E-state index contributed by atoms with van der Waals surface area (Å²) in [5, 5.41) is 3.58. The van der Waals surface area contributed by atoms with Crippen molar-refractivity contribution >= 4 is 0 Å². The molecule has 2 rings (SSSR count). The molecule has 1 saturated heterocycles. The van der Waals surface area contributed by atoms with E-state index in [4.69, 9.17) is 9.47 Å². The first-order chi connectivity index (χ1) is 10.1. The van der Waals surface area contributed by atoms with Crippen molar-refractivity contribution in [2.75, 3.05) is 39.4 Å². The van der Waals surface area contributed by atoms with Gasteiger partial charge in [-0.15, -0.1) is 0 Å². The minimum absolute atomic E-state index is 0.222. The Bertz CT molecular complexity index is 400. The van der Waals surface area contributed by atoms with E-state index in [-0.39, 0.29) is 6.10 Å². The van der Waals surface area contributed by atoms with E-state index in [1.165, 1.54) is 5.56 Å². The number of rotatable bonds is 7. The summed E-state index contributed by atoms with van der Waals surface area (Å²) in [6.07, 6.45) is 0.222. The molecule has 1 aromatic carbocycles. The van der Waals surface area contributed by atoms with E-state index in [2.05, 4.69) is 41.4 Å². The maximum absolute atomic E-state index is 5.67. The molecule has 1 aromatic rings. The average molecular weight is 292 g/mol. The molecule has 4 heteroatoms. The van der Waals surface area contributed by atoms with E-state index in [1.54, 1.807) is 0 Å². The number of ether oxygens (including phenoxy) is 2. The molecule has 21 heavy (non-hydrogen) atoms. The molecular weight excluding hydrogens is 264 g/mol. The summed E-state index contributed by atoms with van der Waals surface area (Å²) >= 11 is 0. The van der Waals surface area contributed by atoms with Gasteiger partial charge in [-0.2, -0.15) is 0 Å². The zero-order chi connectivity index (χ0) is 15.1. The second kappa shape index (κ2) is 8.37. The maximum atomic E-state index is 5.67. The van der Waals surface area contributed by atoms with Crippen molar-refractivity contribution in [1.29, 1.82) is 0 Å². The zero-order valence-electron chi connectivity index (χ0n) is 13.5. The molecular formula is C17H28N2O2. The van der Waals surface area contributed by atoms with Gasteiger partial charge in [-0.3, -0.25) is 4.90 Å². The highest BCUT2D eigenvalue weighted by molar-refractivity contribution is 5.29. The standard InChI is InChI=1S/C17H28N2O2/c1-14(2)21-17-6-4-16(5-7-17)15(3)18-8-9-19-10-12-20-13-11-19/h4-7,14-15,18H,8-13H2,1-3H3. The van der Waals surface area contributed by atoms with Gasteiger partial charge in [-0.25, -0.2) is 0 Å². The fourth-order valence-corrected chi connectivity index (χ4v) is 2.49. The second-order valence-corrected chi connectivity index (χ2v) is 5.87. The fourth-order valence-electron chi connectivity index (χ4n) is 2.49. The Hall–Kier alpha value is -1.10. The lowest BCUT2D eigenvalue weighted by Crippen LogP contribution is -2.40. The second-order valence-electron chi connectivity index (χ2n) is 5.87. The van der Waals surface area contributed by atoms with Gasteiger partial charge in [-0.1, -0.05) is 12.1 Å². The molecule has 1 unspecified atom stereocenters. The topological polar surface area (TPSA) is 33.7 Å². The first kappa shape index (κ1) is 16.3. The molecule has 0 saturated carbocycles. The van der Waals surface area contributed by atoms with Crippen molar-refractivity contribution < 1.29 is 9.47 Å². The van der Waals surface area contributed by atoms with E-state index in [0.29, 0.717) is 6.04 Å². The molecule has 0 bridgehead atoms. The number of benzene rings is 1. The van der Waals surface area contributed by atoms with E-state index < -0.39 is 0 Å². The van der Waals surface area contributed by atoms with E-state index in [9.17, 15) is 0 Å². The van der Waals surface area contributed by atoms with Crippen LogP contribution in [0.2, 0.25) is 0 Å². The Balaban J connectivity index is 1.73. The first-order valence-electron chi connectivity index (χ1n) is 7.95. The van der Waals surface area contributed by atoms with Gasteiger partial charge in [0.25, 0.3) is 0 Å². The number of hydrogen-bond acceptors (Lipinski definition) is 4. The van der Waals surface area contributed by atoms with Crippen molar-refractivity contribution in [2.45, 2.75) is 32.9 Å². The van der Waals surface area contributed by atoms with Gasteiger partial charge in [0.2, 0.25) is 0 Å². The smallest absolute Gasteiger partial charge is 0.119 e. The third kappa shape index (κ3) is 5.65. The molecule has 0 aliphatic carbocycles. The zero-order valence-corrected chi connectivity index (χ0v) is 13.5. The van der Waals surface area contributed by atoms with Gasteiger partial charge in [0.15, 0.2) is 0 Å². The Morgan fingerprint density at radius 2 is 1.81 bits per heavy atom. The molecule has 1 fully saturated rings. The molecule has 1 heterocycles. The highest BCUT2D eigenvalue weighted by Crippen LogP contribution is 2.18. The third-order valence-electron chi connectivity index (χ3n) is 3.73. The lowest BCUT2D eigenvalue weighted by atomic mass is 10.1. The molecule has 118 valence electrons. The molecule has 1 aliphatic heterocycles. The van der Waals surface area contributed by atoms with Gasteiger partial charge < -0.3 is 14.8 Å². The number of nitrogens with zero attached hydrogens (tertiary/aromatic N) is 1. The molecule has 1 atom stereocenters. The Morgan fingerprint density at radius 1 is 1.14 bits per heavy atom. The van der Waals surface area contributed by atoms with E-state index in [1.807, 2.05) is 13.8 Å². The van der Waals surface area contributed by atoms with Gasteiger partial charge in [-0.05, 0) is 38.5 Å². The number of hydrogen-bond donors (Lipinski definition) is 1. The van der Waals surface area contributed by atoms with Crippen LogP contribution in [0.1, 0.15) is 32.4 Å². The van der Waals surface area contributed by atoms with Crippen LogP contribution in [0.15, 0.2) is 24.3 Å². The number of morpholine rings is 1. The van der Waals surface area contributed by atoms with Crippen LogP contribution in [0.5, 0.6) is 5.75 Å². The normalized spacial score (nSPS) is 17.9. The van der Waals surface area contributed by atoms with Gasteiger partial charge in [0.1, 0.15) is 5.75 Å². The third-order valence-corrected chi connectivity index (χ3v) is 3.73. The van der Waals surface area contributed by atoms with Gasteiger partial charge in [0, 0.05) is 32.2 Å². The predicted molar refractivity (Wildman–Crippen MR) is 85.9 cm³/mol. The van der Waals surface area contributed by atoms with Crippen molar-refractivity contribution in [3.8, 4) is 5.75 Å². The lowest BCUT2D eigenvalue weighted by Gasteiger charge is -2.27. The van der Waals surface area contributed by atoms with Crippen LogP contribution in [0.25, 0.3) is 0 Å². The molecule has 0 spiro atoms. The summed E-state index contributed by atoms with van der Waals surface area (Å²) in [6.45, 7) is 12.2. The van der Waals surface area contributed by atoms with Crippen LogP contribution in [-0.4, -0.2) is 50.4 Å². The summed E-state index contributed by atoms with van der Waals surface area (Å²) in [7, 11) is 0. The maximum Gasteiger partial charge on any atom is 0.119 e. The molecule has 0 aromatic heterocycles. The molecule has 0 radical (unpaired) electrons. The molecule has 1 N–H and O–H groups in total. The predicted octanol–water partition coefficient (Wildman–Crippen LogP) is 2.46. The van der Waals surface area contributed by atoms with Crippen molar-refractivity contribution in [1.82, 2.24) is 10.2 Å². The Labute approximate surface area is 128 Å². The van der Waals surface area contributed by atoms with Crippen LogP contribution in [0.3, 0.4) is 0 Å². The van der Waals surface area contributed by atoms with Crippen molar-refractivity contribution in [3.63, 3.8) is 0 Å². The average Bonchev–Trinajstić information content (AvgIpc) is 2.48. The molecule has 1 aliphatic rings. The monoisotopic (exact) mass is 292 g/mol. The van der Waals surface area contributed by atoms with Crippen molar-refractivity contribution in [3.05, 3.63) is 29.8 Å². The van der Waals surface area contributed by atoms with Crippen LogP contribution in [0.4, 0.5) is 0 Å². The summed E-state index contributed by atoms with van der Waals surface area (Å²) in [5.74, 6) is 0.939. The summed E-state index contributed by atoms with van der Waals surface area (Å²) in [4.78, 5) is 2.45. The Kier molecular flexibility index (Phi) is 6.49. The lowest BCUT2D eigenvalue weighted by molar-refractivity contribution is 0.0382. The minimum atomic E-state index is 0.222. The summed E-state index contributed by atoms with van der Waals surface area (Å²) in [6, 6.07) is 8.75. The van der Waals surface area contributed by atoms with Crippen LogP contribution in [0, 0.1) is 0 Å². The molecule has 4 nitrogen and oxygen atoms in total. The quantitative estimate of drug-likeness (QED) is 0.837. The van der Waals surface area contributed by atoms with Crippen LogP contribution >= 0.6 is 0 Å². The highest BCUT2D eigenvalue weighted by atomic mass is 16.5. The fraction of sp³-hybridized carbons (Fsp3) is 0.647. The first-order valence-corrected chi connectivity index (χ1v) is 7.95. The van der Waals surface area contributed by atoms with Crippen molar-refractivity contribution in [2.24, 2.45) is 0 Å².